The van der Waals surface area contributed by atoms with Crippen LogP contribution in [0.5, 0.6) is 0 Å². The molecule has 0 aliphatic carbocycles. The van der Waals surface area contributed by atoms with E-state index in [1.807, 2.05) is 0 Å². The van der Waals surface area contributed by atoms with Crippen LogP contribution in [0.4, 0.5) is 10.1 Å². The van der Waals surface area contributed by atoms with Crippen molar-refractivity contribution in [1.29, 1.82) is 0 Å². The van der Waals surface area contributed by atoms with Crippen LogP contribution in [0.25, 0.3) is 0 Å². The Labute approximate surface area is 136 Å². The Balaban J connectivity index is 2.10. The van der Waals surface area contributed by atoms with Gasteiger partial charge in [-0.2, -0.15) is 0 Å². The van der Waals surface area contributed by atoms with E-state index in [0.29, 0.717) is 10.8 Å². The number of para-hydroxylation sites is 1. The average molecular weight is 316 g/mol. The Hall–Kier alpha value is -1.94. The minimum atomic E-state index is -0.314. The lowest BCUT2D eigenvalue weighted by molar-refractivity contribution is 0.621. The lowest BCUT2D eigenvalue weighted by Gasteiger charge is -2.22. The van der Waals surface area contributed by atoms with Gasteiger partial charge in [-0.1, -0.05) is 42.8 Å². The van der Waals surface area contributed by atoms with E-state index in [9.17, 15) is 4.39 Å². The summed E-state index contributed by atoms with van der Waals surface area (Å²) in [5.41, 5.74) is 4.07. The van der Waals surface area contributed by atoms with Gasteiger partial charge in [0.05, 0.1) is 11.7 Å². The monoisotopic (exact) mass is 316 g/mol. The van der Waals surface area contributed by atoms with Crippen LogP contribution in [0.15, 0.2) is 42.5 Å². The molecule has 0 aromatic heterocycles. The summed E-state index contributed by atoms with van der Waals surface area (Å²) >= 11 is 5.32. The second kappa shape index (κ2) is 7.36. The Morgan fingerprint density at radius 2 is 1.91 bits per heavy atom. The summed E-state index contributed by atoms with van der Waals surface area (Å²) in [6.07, 6.45) is 0.892. The smallest absolute Gasteiger partial charge is 0.171 e. The SMILES string of the molecule is CCC(NC(=S)Nc1ccccc1F)c1ccc(C)cc1C. The molecule has 2 nitrogen and oxygen atoms in total. The molecular formula is C18H21FN2S. The number of anilines is 1. The van der Waals surface area contributed by atoms with Crippen molar-refractivity contribution in [2.45, 2.75) is 33.2 Å². The number of rotatable bonds is 4. The fourth-order valence-electron chi connectivity index (χ4n) is 2.50. The van der Waals surface area contributed by atoms with Gasteiger partial charge in [0, 0.05) is 0 Å². The van der Waals surface area contributed by atoms with Gasteiger partial charge in [0.2, 0.25) is 0 Å². The molecule has 0 amide bonds. The first-order chi connectivity index (χ1) is 10.5. The van der Waals surface area contributed by atoms with Crippen LogP contribution >= 0.6 is 12.2 Å². The molecule has 0 fully saturated rings. The highest BCUT2D eigenvalue weighted by atomic mass is 32.1. The third-order valence-electron chi connectivity index (χ3n) is 3.64. The molecule has 2 rings (SSSR count). The maximum absolute atomic E-state index is 13.7. The first-order valence-electron chi connectivity index (χ1n) is 7.40. The topological polar surface area (TPSA) is 24.1 Å². The molecule has 0 saturated carbocycles. The fourth-order valence-corrected chi connectivity index (χ4v) is 2.75. The largest absolute Gasteiger partial charge is 0.356 e. The van der Waals surface area contributed by atoms with E-state index < -0.39 is 0 Å². The number of halogens is 1. The maximum atomic E-state index is 13.7. The lowest BCUT2D eigenvalue weighted by Crippen LogP contribution is -2.32. The molecule has 0 aliphatic heterocycles. The molecule has 0 heterocycles. The van der Waals surface area contributed by atoms with Crippen LogP contribution in [-0.4, -0.2) is 5.11 Å². The van der Waals surface area contributed by atoms with Gasteiger partial charge in [0.1, 0.15) is 5.82 Å². The molecule has 22 heavy (non-hydrogen) atoms. The van der Waals surface area contributed by atoms with Gasteiger partial charge in [0.25, 0.3) is 0 Å². The van der Waals surface area contributed by atoms with Crippen LogP contribution < -0.4 is 10.6 Å². The van der Waals surface area contributed by atoms with Crippen molar-refractivity contribution < 1.29 is 4.39 Å². The zero-order valence-electron chi connectivity index (χ0n) is 13.1. The van der Waals surface area contributed by atoms with Gasteiger partial charge in [-0.15, -0.1) is 0 Å². The van der Waals surface area contributed by atoms with Crippen molar-refractivity contribution in [1.82, 2.24) is 5.32 Å². The molecule has 4 heteroatoms. The molecule has 1 unspecified atom stereocenters. The van der Waals surface area contributed by atoms with E-state index in [2.05, 4.69) is 49.6 Å². The van der Waals surface area contributed by atoms with Crippen molar-refractivity contribution in [3.8, 4) is 0 Å². The maximum Gasteiger partial charge on any atom is 0.171 e. The summed E-state index contributed by atoms with van der Waals surface area (Å²) in [6, 6.07) is 13.0. The summed E-state index contributed by atoms with van der Waals surface area (Å²) < 4.78 is 13.7. The van der Waals surface area contributed by atoms with Crippen LogP contribution in [0.1, 0.15) is 36.1 Å². The standard InChI is InChI=1S/C18H21FN2S/c1-4-16(14-10-9-12(2)11-13(14)3)20-18(22)21-17-8-6-5-7-15(17)19/h5-11,16H,4H2,1-3H3,(H2,20,21,22). The number of hydrogen-bond acceptors (Lipinski definition) is 1. The zero-order chi connectivity index (χ0) is 16.1. The average Bonchev–Trinajstić information content (AvgIpc) is 2.48. The number of hydrogen-bond donors (Lipinski definition) is 2. The third-order valence-corrected chi connectivity index (χ3v) is 3.86. The Bertz CT molecular complexity index is 670. The van der Waals surface area contributed by atoms with Crippen molar-refractivity contribution in [3.05, 3.63) is 65.0 Å². The number of aryl methyl sites for hydroxylation is 2. The summed E-state index contributed by atoms with van der Waals surface area (Å²) in [7, 11) is 0. The molecule has 2 N–H and O–H groups in total. The summed E-state index contributed by atoms with van der Waals surface area (Å²) in [5, 5.41) is 6.62. The van der Waals surface area contributed by atoms with Crippen LogP contribution in [-0.2, 0) is 0 Å². The zero-order valence-corrected chi connectivity index (χ0v) is 13.9. The molecule has 0 spiro atoms. The van der Waals surface area contributed by atoms with E-state index >= 15 is 0 Å². The first kappa shape index (κ1) is 16.4. The Kier molecular flexibility index (Phi) is 5.50. The highest BCUT2D eigenvalue weighted by molar-refractivity contribution is 7.80. The van der Waals surface area contributed by atoms with Gasteiger partial charge in [-0.3, -0.25) is 0 Å². The minimum Gasteiger partial charge on any atom is -0.356 e. The van der Waals surface area contributed by atoms with Gasteiger partial charge in [-0.05, 0) is 55.7 Å². The van der Waals surface area contributed by atoms with Gasteiger partial charge in [0.15, 0.2) is 5.11 Å². The summed E-state index contributed by atoms with van der Waals surface area (Å²) in [4.78, 5) is 0. The third kappa shape index (κ3) is 4.04. The number of nitrogens with one attached hydrogen (secondary N) is 2. The number of thiocarbonyl (C=S) groups is 1. The molecule has 0 radical (unpaired) electrons. The second-order valence-electron chi connectivity index (χ2n) is 5.40. The van der Waals surface area contributed by atoms with Gasteiger partial charge >= 0.3 is 0 Å². The van der Waals surface area contributed by atoms with Crippen LogP contribution in [0, 0.1) is 19.7 Å². The predicted molar refractivity (Wildman–Crippen MR) is 94.7 cm³/mol. The number of benzene rings is 2. The van der Waals surface area contributed by atoms with E-state index in [0.717, 1.165) is 6.42 Å². The van der Waals surface area contributed by atoms with Crippen molar-refractivity contribution in [2.75, 3.05) is 5.32 Å². The molecule has 0 aliphatic rings. The van der Waals surface area contributed by atoms with Gasteiger partial charge < -0.3 is 10.6 Å². The van der Waals surface area contributed by atoms with E-state index in [1.165, 1.54) is 22.8 Å². The second-order valence-corrected chi connectivity index (χ2v) is 5.81. The van der Waals surface area contributed by atoms with Crippen molar-refractivity contribution >= 4 is 23.0 Å². The van der Waals surface area contributed by atoms with Crippen LogP contribution in [0.3, 0.4) is 0 Å². The van der Waals surface area contributed by atoms with Crippen molar-refractivity contribution in [2.24, 2.45) is 0 Å². The van der Waals surface area contributed by atoms with Crippen LogP contribution in [0.2, 0.25) is 0 Å². The quantitative estimate of drug-likeness (QED) is 0.786. The van der Waals surface area contributed by atoms with E-state index in [4.69, 9.17) is 12.2 Å². The first-order valence-corrected chi connectivity index (χ1v) is 7.81. The minimum absolute atomic E-state index is 0.104. The summed E-state index contributed by atoms with van der Waals surface area (Å²) in [6.45, 7) is 6.28. The molecular weight excluding hydrogens is 295 g/mol. The molecule has 0 saturated heterocycles. The highest BCUT2D eigenvalue weighted by Gasteiger charge is 2.13. The van der Waals surface area contributed by atoms with E-state index in [1.54, 1.807) is 18.2 Å². The molecule has 1 atom stereocenters. The highest BCUT2D eigenvalue weighted by Crippen LogP contribution is 2.22. The van der Waals surface area contributed by atoms with Gasteiger partial charge in [-0.25, -0.2) is 4.39 Å². The summed E-state index contributed by atoms with van der Waals surface area (Å²) in [5.74, 6) is -0.314. The van der Waals surface area contributed by atoms with E-state index in [-0.39, 0.29) is 11.9 Å². The Morgan fingerprint density at radius 3 is 2.55 bits per heavy atom. The lowest BCUT2D eigenvalue weighted by atomic mass is 9.98. The molecule has 116 valence electrons. The predicted octanol–water partition coefficient (Wildman–Crippen LogP) is 4.88. The fraction of sp³-hybridized carbons (Fsp3) is 0.278. The van der Waals surface area contributed by atoms with Crippen molar-refractivity contribution in [3.63, 3.8) is 0 Å². The molecule has 0 bridgehead atoms. The molecule has 2 aromatic carbocycles. The Morgan fingerprint density at radius 1 is 1.18 bits per heavy atom. The normalized spacial score (nSPS) is 11.8. The molecule has 2 aromatic rings.